The maximum Gasteiger partial charge on any atom is 0.319 e. The van der Waals surface area contributed by atoms with Gasteiger partial charge in [0.05, 0.1) is 46.9 Å². The third-order valence-corrected chi connectivity index (χ3v) is 7.16. The zero-order valence-electron chi connectivity index (χ0n) is 21.0. The number of carbonyl (C=O) groups excluding carboxylic acids is 1. The maximum atomic E-state index is 13.9. The SMILES string of the molecule is CC(Oc1ncnc2scnc12)c1nc2cccc(Cl)c2c(=O)n1-c1cccc(NC(=O)NCC2OCCO2)c1. The van der Waals surface area contributed by atoms with E-state index in [1.807, 2.05) is 0 Å². The smallest absolute Gasteiger partial charge is 0.319 e. The van der Waals surface area contributed by atoms with Crippen molar-refractivity contribution in [1.82, 2.24) is 29.8 Å². The summed E-state index contributed by atoms with van der Waals surface area (Å²) < 4.78 is 18.3. The second-order valence-electron chi connectivity index (χ2n) is 8.75. The molecule has 1 atom stereocenters. The molecule has 6 rings (SSSR count). The fourth-order valence-corrected chi connectivity index (χ4v) is 5.18. The fraction of sp³-hybridized carbons (Fsp3) is 0.231. The number of thiazole rings is 1. The normalized spacial score (nSPS) is 14.4. The number of nitrogens with zero attached hydrogens (tertiary/aromatic N) is 5. The van der Waals surface area contributed by atoms with Gasteiger partial charge in [-0.3, -0.25) is 9.36 Å². The number of benzene rings is 2. The summed E-state index contributed by atoms with van der Waals surface area (Å²) in [5.41, 5.74) is 3.11. The van der Waals surface area contributed by atoms with Crippen LogP contribution < -0.4 is 20.9 Å². The number of ether oxygens (including phenoxy) is 3. The molecule has 1 aliphatic rings. The summed E-state index contributed by atoms with van der Waals surface area (Å²) >= 11 is 7.80. The number of aromatic nitrogens is 5. The van der Waals surface area contributed by atoms with E-state index in [1.165, 1.54) is 22.2 Å². The molecule has 2 aromatic carbocycles. The van der Waals surface area contributed by atoms with E-state index in [9.17, 15) is 9.59 Å². The van der Waals surface area contributed by atoms with Crippen molar-refractivity contribution >= 4 is 55.9 Å². The van der Waals surface area contributed by atoms with Crippen LogP contribution in [0, 0.1) is 0 Å². The highest BCUT2D eigenvalue weighted by atomic mass is 35.5. The minimum atomic E-state index is -0.734. The van der Waals surface area contributed by atoms with Crippen LogP contribution in [0.15, 0.2) is 59.1 Å². The van der Waals surface area contributed by atoms with Gasteiger partial charge in [-0.25, -0.2) is 19.7 Å². The van der Waals surface area contributed by atoms with Crippen LogP contribution >= 0.6 is 22.9 Å². The van der Waals surface area contributed by atoms with Crippen molar-refractivity contribution in [3.63, 3.8) is 0 Å². The Hall–Kier alpha value is -4.17. The first kappa shape index (κ1) is 26.1. The van der Waals surface area contributed by atoms with E-state index in [0.29, 0.717) is 46.3 Å². The van der Waals surface area contributed by atoms with Gasteiger partial charge in [0.2, 0.25) is 5.88 Å². The van der Waals surface area contributed by atoms with E-state index in [2.05, 4.69) is 25.6 Å². The molecule has 0 aliphatic carbocycles. The van der Waals surface area contributed by atoms with Gasteiger partial charge in [-0.1, -0.05) is 23.7 Å². The predicted molar refractivity (Wildman–Crippen MR) is 149 cm³/mol. The van der Waals surface area contributed by atoms with Crippen molar-refractivity contribution in [3.8, 4) is 11.6 Å². The minimum absolute atomic E-state index is 0.201. The topological polar surface area (TPSA) is 142 Å². The van der Waals surface area contributed by atoms with Gasteiger partial charge in [0.1, 0.15) is 6.33 Å². The largest absolute Gasteiger partial charge is 0.465 e. The van der Waals surface area contributed by atoms with Crippen molar-refractivity contribution in [2.75, 3.05) is 25.1 Å². The Kier molecular flexibility index (Phi) is 7.26. The highest BCUT2D eigenvalue weighted by Gasteiger charge is 2.23. The van der Waals surface area contributed by atoms with Crippen LogP contribution in [0.25, 0.3) is 26.9 Å². The van der Waals surface area contributed by atoms with Crippen LogP contribution in [0.4, 0.5) is 10.5 Å². The average molecular weight is 580 g/mol. The molecule has 0 spiro atoms. The first-order valence-electron chi connectivity index (χ1n) is 12.3. The summed E-state index contributed by atoms with van der Waals surface area (Å²) in [6.07, 6.45) is 0.185. The molecule has 14 heteroatoms. The third-order valence-electron chi connectivity index (χ3n) is 6.11. The Bertz CT molecular complexity index is 1770. The zero-order chi connectivity index (χ0) is 27.6. The fourth-order valence-electron chi connectivity index (χ4n) is 4.31. The molecular weight excluding hydrogens is 558 g/mol. The lowest BCUT2D eigenvalue weighted by Crippen LogP contribution is -2.35. The quantitative estimate of drug-likeness (QED) is 0.291. The summed E-state index contributed by atoms with van der Waals surface area (Å²) in [5, 5.41) is 6.01. The first-order chi connectivity index (χ1) is 19.5. The van der Waals surface area contributed by atoms with Gasteiger partial charge >= 0.3 is 6.03 Å². The number of rotatable bonds is 7. The molecule has 2 N–H and O–H groups in total. The number of halogens is 1. The molecule has 12 nitrogen and oxygen atoms in total. The van der Waals surface area contributed by atoms with Crippen LogP contribution in [0.5, 0.6) is 5.88 Å². The van der Waals surface area contributed by atoms with E-state index in [4.69, 9.17) is 30.8 Å². The highest BCUT2D eigenvalue weighted by Crippen LogP contribution is 2.29. The number of nitrogens with one attached hydrogen (secondary N) is 2. The molecule has 1 fully saturated rings. The van der Waals surface area contributed by atoms with E-state index in [0.717, 1.165) is 0 Å². The van der Waals surface area contributed by atoms with Gasteiger partial charge in [0.25, 0.3) is 5.56 Å². The minimum Gasteiger partial charge on any atom is -0.465 e. The molecule has 1 aliphatic heterocycles. The molecular formula is C26H22ClN7O5S. The molecule has 204 valence electrons. The van der Waals surface area contributed by atoms with Gasteiger partial charge in [0.15, 0.2) is 28.6 Å². The second kappa shape index (κ2) is 11.1. The summed E-state index contributed by atoms with van der Waals surface area (Å²) in [4.78, 5) is 44.6. The number of carbonyl (C=O) groups is 1. The first-order valence-corrected chi connectivity index (χ1v) is 13.5. The second-order valence-corrected chi connectivity index (χ2v) is 9.99. The van der Waals surface area contributed by atoms with Crippen molar-refractivity contribution in [2.24, 2.45) is 0 Å². The van der Waals surface area contributed by atoms with Gasteiger partial charge < -0.3 is 24.8 Å². The molecule has 40 heavy (non-hydrogen) atoms. The van der Waals surface area contributed by atoms with Crippen LogP contribution in [0.3, 0.4) is 0 Å². The maximum absolute atomic E-state index is 13.9. The van der Waals surface area contributed by atoms with Gasteiger partial charge in [0, 0.05) is 5.69 Å². The predicted octanol–water partition coefficient (Wildman–Crippen LogP) is 4.07. The standard InChI is InChI=1S/C26H22ClN7O5S/c1-14(39-23-21-24(30-12-29-23)40-13-31-21)22-33-18-7-3-6-17(27)20(18)25(35)34(22)16-5-2-4-15(10-16)32-26(36)28-11-19-37-8-9-38-19/h2-7,10,12-14,19H,8-9,11H2,1H3,(H2,28,32,36). The molecule has 3 aromatic heterocycles. The lowest BCUT2D eigenvalue weighted by atomic mass is 10.2. The molecule has 1 unspecified atom stereocenters. The molecule has 2 amide bonds. The van der Waals surface area contributed by atoms with Crippen molar-refractivity contribution < 1.29 is 19.0 Å². The molecule has 0 radical (unpaired) electrons. The number of fused-ring (bicyclic) bond motifs is 2. The Balaban J connectivity index is 1.37. The monoisotopic (exact) mass is 579 g/mol. The summed E-state index contributed by atoms with van der Waals surface area (Å²) in [5.74, 6) is 0.576. The number of urea groups is 1. The van der Waals surface area contributed by atoms with Crippen molar-refractivity contribution in [1.29, 1.82) is 0 Å². The summed E-state index contributed by atoms with van der Waals surface area (Å²) in [7, 11) is 0. The zero-order valence-corrected chi connectivity index (χ0v) is 22.6. The van der Waals surface area contributed by atoms with Crippen LogP contribution in [-0.4, -0.2) is 56.6 Å². The van der Waals surface area contributed by atoms with E-state index >= 15 is 0 Å². The van der Waals surface area contributed by atoms with E-state index < -0.39 is 18.4 Å². The number of amides is 2. The number of hydrogen-bond donors (Lipinski definition) is 2. The molecule has 0 bridgehead atoms. The van der Waals surface area contributed by atoms with Gasteiger partial charge in [-0.2, -0.15) is 4.98 Å². The summed E-state index contributed by atoms with van der Waals surface area (Å²) in [6.45, 7) is 2.94. The van der Waals surface area contributed by atoms with Gasteiger partial charge in [-0.05, 0) is 37.3 Å². The lowest BCUT2D eigenvalue weighted by Gasteiger charge is -2.20. The van der Waals surface area contributed by atoms with E-state index in [-0.39, 0.29) is 28.4 Å². The van der Waals surface area contributed by atoms with E-state index in [1.54, 1.807) is 54.9 Å². The highest BCUT2D eigenvalue weighted by molar-refractivity contribution is 7.16. The van der Waals surface area contributed by atoms with Crippen LogP contribution in [0.1, 0.15) is 18.9 Å². The Labute approximate surface area is 235 Å². The van der Waals surface area contributed by atoms with Crippen molar-refractivity contribution in [2.45, 2.75) is 19.3 Å². The average Bonchev–Trinajstić information content (AvgIpc) is 3.65. The number of anilines is 1. The van der Waals surface area contributed by atoms with Crippen LogP contribution in [0.2, 0.25) is 5.02 Å². The van der Waals surface area contributed by atoms with Gasteiger partial charge in [-0.15, -0.1) is 11.3 Å². The lowest BCUT2D eigenvalue weighted by molar-refractivity contribution is -0.0369. The van der Waals surface area contributed by atoms with Crippen LogP contribution in [-0.2, 0) is 9.47 Å². The Morgan fingerprint density at radius 3 is 2.88 bits per heavy atom. The van der Waals surface area contributed by atoms with Crippen molar-refractivity contribution in [3.05, 3.63) is 75.5 Å². The number of hydrogen-bond acceptors (Lipinski definition) is 10. The Morgan fingerprint density at radius 2 is 2.02 bits per heavy atom. The molecule has 5 aromatic rings. The molecule has 1 saturated heterocycles. The summed E-state index contributed by atoms with van der Waals surface area (Å²) in [6, 6.07) is 11.4. The molecule has 0 saturated carbocycles. The third kappa shape index (κ3) is 5.19. The Morgan fingerprint density at radius 1 is 1.20 bits per heavy atom. The molecule has 4 heterocycles.